The quantitative estimate of drug-likeness (QED) is 0.470. The van der Waals surface area contributed by atoms with E-state index in [1.165, 1.54) is 15.6 Å². The van der Waals surface area contributed by atoms with Gasteiger partial charge >= 0.3 is 0 Å². The van der Waals surface area contributed by atoms with Crippen LogP contribution in [0.3, 0.4) is 0 Å². The number of aromatic nitrogens is 1. The number of carbonyl (C=O) groups is 1. The number of carbonyl (C=O) groups excluding carboxylic acids is 1. The number of hydrogen-bond donors (Lipinski definition) is 1. The number of thiazole rings is 1. The zero-order chi connectivity index (χ0) is 22.3. The molecule has 1 aliphatic heterocycles. The number of sulfonamides is 1. The molecule has 0 spiro atoms. The predicted molar refractivity (Wildman–Crippen MR) is 128 cm³/mol. The van der Waals surface area contributed by atoms with E-state index in [0.717, 1.165) is 26.6 Å². The van der Waals surface area contributed by atoms with Gasteiger partial charge in [0.15, 0.2) is 5.13 Å². The average molecular weight is 466 g/mol. The molecule has 0 unspecified atom stereocenters. The number of rotatable bonds is 4. The van der Waals surface area contributed by atoms with Gasteiger partial charge in [0, 0.05) is 19.0 Å². The summed E-state index contributed by atoms with van der Waals surface area (Å²) >= 11 is 1.46. The van der Waals surface area contributed by atoms with E-state index in [2.05, 4.69) is 10.3 Å². The van der Waals surface area contributed by atoms with Crippen molar-refractivity contribution in [3.8, 4) is 0 Å². The van der Waals surface area contributed by atoms with Gasteiger partial charge in [-0.25, -0.2) is 13.4 Å². The molecule has 0 saturated carbocycles. The van der Waals surface area contributed by atoms with Gasteiger partial charge in [-0.2, -0.15) is 4.31 Å². The van der Waals surface area contributed by atoms with E-state index in [9.17, 15) is 13.2 Å². The van der Waals surface area contributed by atoms with E-state index in [1.54, 1.807) is 12.1 Å². The van der Waals surface area contributed by atoms with Crippen LogP contribution in [0.5, 0.6) is 0 Å². The van der Waals surface area contributed by atoms with Crippen LogP contribution in [0.25, 0.3) is 21.0 Å². The molecule has 5 rings (SSSR count). The standard InChI is InChI=1S/C24H23N3O3S2/c1-16-5-4-8-21-22(16)25-24(31-21)26-23(28)18-11-13-27(14-12-18)32(29,30)20-10-9-17-6-2-3-7-19(17)15-20/h2-10,15,18H,11-14H2,1H3,(H,25,26,28). The molecule has 6 nitrogen and oxygen atoms in total. The minimum atomic E-state index is -3.59. The maximum absolute atomic E-state index is 13.1. The molecular formula is C24H23N3O3S2. The summed E-state index contributed by atoms with van der Waals surface area (Å²) in [6.45, 7) is 2.65. The van der Waals surface area contributed by atoms with Crippen LogP contribution in [-0.4, -0.2) is 36.7 Å². The summed E-state index contributed by atoms with van der Waals surface area (Å²) in [7, 11) is -3.59. The van der Waals surface area contributed by atoms with Crippen molar-refractivity contribution in [2.24, 2.45) is 5.92 Å². The first-order valence-electron chi connectivity index (χ1n) is 10.6. The highest BCUT2D eigenvalue weighted by atomic mass is 32.2. The third kappa shape index (κ3) is 3.90. The second-order valence-corrected chi connectivity index (χ2v) is 11.1. The van der Waals surface area contributed by atoms with E-state index in [1.807, 2.05) is 55.5 Å². The largest absolute Gasteiger partial charge is 0.302 e. The van der Waals surface area contributed by atoms with Crippen LogP contribution in [-0.2, 0) is 14.8 Å². The Morgan fingerprint density at radius 1 is 1.03 bits per heavy atom. The third-order valence-electron chi connectivity index (χ3n) is 6.03. The van der Waals surface area contributed by atoms with E-state index in [-0.39, 0.29) is 11.8 Å². The Hall–Kier alpha value is -2.81. The van der Waals surface area contributed by atoms with Gasteiger partial charge in [-0.15, -0.1) is 0 Å². The molecule has 164 valence electrons. The highest BCUT2D eigenvalue weighted by molar-refractivity contribution is 7.89. The van der Waals surface area contributed by atoms with Crippen LogP contribution < -0.4 is 5.32 Å². The molecule has 1 aromatic heterocycles. The fourth-order valence-electron chi connectivity index (χ4n) is 4.18. The molecule has 0 atom stereocenters. The molecule has 0 aliphatic carbocycles. The van der Waals surface area contributed by atoms with Gasteiger partial charge in [-0.05, 0) is 54.3 Å². The molecule has 0 bridgehead atoms. The van der Waals surface area contributed by atoms with E-state index in [0.29, 0.717) is 36.0 Å². The van der Waals surface area contributed by atoms with Crippen LogP contribution in [0.15, 0.2) is 65.6 Å². The smallest absolute Gasteiger partial charge is 0.243 e. The number of aryl methyl sites for hydroxylation is 1. The maximum Gasteiger partial charge on any atom is 0.243 e. The second-order valence-electron chi connectivity index (χ2n) is 8.12. The van der Waals surface area contributed by atoms with E-state index in [4.69, 9.17) is 0 Å². The van der Waals surface area contributed by atoms with Gasteiger partial charge in [0.1, 0.15) is 0 Å². The Kier molecular flexibility index (Phi) is 5.44. The lowest BCUT2D eigenvalue weighted by Gasteiger charge is -2.30. The van der Waals surface area contributed by atoms with Crippen LogP contribution in [0.4, 0.5) is 5.13 Å². The normalized spacial score (nSPS) is 15.9. The first kappa shape index (κ1) is 21.1. The first-order chi connectivity index (χ1) is 15.4. The van der Waals surface area contributed by atoms with Gasteiger partial charge < -0.3 is 5.32 Å². The Labute approximate surface area is 190 Å². The fraction of sp³-hybridized carbons (Fsp3) is 0.250. The Morgan fingerprint density at radius 3 is 2.53 bits per heavy atom. The molecule has 3 aromatic carbocycles. The lowest BCUT2D eigenvalue weighted by Crippen LogP contribution is -2.41. The second kappa shape index (κ2) is 8.27. The summed E-state index contributed by atoms with van der Waals surface area (Å²) in [4.78, 5) is 17.6. The van der Waals surface area contributed by atoms with Gasteiger partial charge in [-0.1, -0.05) is 53.8 Å². The SMILES string of the molecule is Cc1cccc2sc(NC(=O)C3CCN(S(=O)(=O)c4ccc5ccccc5c4)CC3)nc12. The molecule has 1 saturated heterocycles. The lowest BCUT2D eigenvalue weighted by atomic mass is 9.97. The van der Waals surface area contributed by atoms with Crippen molar-refractivity contribution in [2.45, 2.75) is 24.7 Å². The minimum absolute atomic E-state index is 0.0931. The summed E-state index contributed by atoms with van der Waals surface area (Å²) in [5.74, 6) is -0.323. The van der Waals surface area contributed by atoms with Crippen molar-refractivity contribution >= 4 is 53.4 Å². The van der Waals surface area contributed by atoms with E-state index >= 15 is 0 Å². The van der Waals surface area contributed by atoms with Crippen molar-refractivity contribution < 1.29 is 13.2 Å². The molecule has 1 amide bonds. The molecule has 32 heavy (non-hydrogen) atoms. The van der Waals surface area contributed by atoms with Crippen LogP contribution in [0.2, 0.25) is 0 Å². The minimum Gasteiger partial charge on any atom is -0.302 e. The van der Waals surface area contributed by atoms with Crippen molar-refractivity contribution in [1.82, 2.24) is 9.29 Å². The number of anilines is 1. The third-order valence-corrected chi connectivity index (χ3v) is 8.86. The van der Waals surface area contributed by atoms with Gasteiger partial charge in [0.25, 0.3) is 0 Å². The number of amides is 1. The maximum atomic E-state index is 13.1. The monoisotopic (exact) mass is 465 g/mol. The van der Waals surface area contributed by atoms with Gasteiger partial charge in [0.2, 0.25) is 15.9 Å². The Balaban J connectivity index is 1.26. The molecule has 8 heteroatoms. The molecular weight excluding hydrogens is 442 g/mol. The van der Waals surface area contributed by atoms with Crippen molar-refractivity contribution in [1.29, 1.82) is 0 Å². The zero-order valence-electron chi connectivity index (χ0n) is 17.6. The Morgan fingerprint density at radius 2 is 1.78 bits per heavy atom. The van der Waals surface area contributed by atoms with Gasteiger partial charge in [0.05, 0.1) is 15.1 Å². The number of para-hydroxylation sites is 1. The van der Waals surface area contributed by atoms with E-state index < -0.39 is 10.0 Å². The van der Waals surface area contributed by atoms with Crippen LogP contribution in [0, 0.1) is 12.8 Å². The summed E-state index contributed by atoms with van der Waals surface area (Å²) in [6.07, 6.45) is 0.977. The number of nitrogens with one attached hydrogen (secondary N) is 1. The number of nitrogens with zero attached hydrogens (tertiary/aromatic N) is 2. The fourth-order valence-corrected chi connectivity index (χ4v) is 6.63. The summed E-state index contributed by atoms with van der Waals surface area (Å²) < 4.78 is 28.8. The molecule has 2 heterocycles. The summed E-state index contributed by atoms with van der Waals surface area (Å²) in [5, 5.41) is 5.43. The molecule has 4 aromatic rings. The van der Waals surface area contributed by atoms with Gasteiger partial charge in [-0.3, -0.25) is 4.79 Å². The lowest BCUT2D eigenvalue weighted by molar-refractivity contribution is -0.120. The first-order valence-corrected chi connectivity index (χ1v) is 12.8. The highest BCUT2D eigenvalue weighted by Crippen LogP contribution is 2.30. The summed E-state index contributed by atoms with van der Waals surface area (Å²) in [6, 6.07) is 18.9. The van der Waals surface area contributed by atoms with Crippen LogP contribution >= 0.6 is 11.3 Å². The molecule has 1 aliphatic rings. The zero-order valence-corrected chi connectivity index (χ0v) is 19.2. The summed E-state index contributed by atoms with van der Waals surface area (Å²) in [5.41, 5.74) is 1.98. The molecule has 0 radical (unpaired) electrons. The number of fused-ring (bicyclic) bond motifs is 2. The number of benzene rings is 3. The van der Waals surface area contributed by atoms with Crippen molar-refractivity contribution in [2.75, 3.05) is 18.4 Å². The Bertz CT molecular complexity index is 1420. The molecule has 1 N–H and O–H groups in total. The van der Waals surface area contributed by atoms with Crippen LogP contribution in [0.1, 0.15) is 18.4 Å². The van der Waals surface area contributed by atoms with Crippen molar-refractivity contribution in [3.05, 3.63) is 66.2 Å². The topological polar surface area (TPSA) is 79.4 Å². The molecule has 1 fully saturated rings. The van der Waals surface area contributed by atoms with Crippen molar-refractivity contribution in [3.63, 3.8) is 0 Å². The average Bonchev–Trinajstić information content (AvgIpc) is 3.22. The highest BCUT2D eigenvalue weighted by Gasteiger charge is 2.32. The number of piperidine rings is 1. The predicted octanol–water partition coefficient (Wildman–Crippen LogP) is 4.80. The number of hydrogen-bond acceptors (Lipinski definition) is 5.